The van der Waals surface area contributed by atoms with Crippen LogP contribution in [0.2, 0.25) is 5.02 Å². The van der Waals surface area contributed by atoms with Crippen molar-refractivity contribution in [2.75, 3.05) is 5.32 Å². The Balaban J connectivity index is 2.06. The summed E-state index contributed by atoms with van der Waals surface area (Å²) in [5.74, 6) is -0.129. The number of anilines is 1. The van der Waals surface area contributed by atoms with Crippen LogP contribution in [0.4, 0.5) is 5.69 Å². The summed E-state index contributed by atoms with van der Waals surface area (Å²) in [5.41, 5.74) is 0.672. The van der Waals surface area contributed by atoms with E-state index in [2.05, 4.69) is 17.6 Å². The first-order valence-corrected chi connectivity index (χ1v) is 14.2. The zero-order valence-corrected chi connectivity index (χ0v) is 23.1. The van der Waals surface area contributed by atoms with Crippen LogP contribution in [-0.2, 0) is 4.79 Å². The lowest BCUT2D eigenvalue weighted by molar-refractivity contribution is -0.121. The van der Waals surface area contributed by atoms with E-state index in [0.717, 1.165) is 12.8 Å². The molecule has 1 amide bonds. The first-order valence-electron chi connectivity index (χ1n) is 12.7. The highest BCUT2D eigenvalue weighted by molar-refractivity contribution is 6.68. The summed E-state index contributed by atoms with van der Waals surface area (Å²) in [5, 5.41) is 6.38. The van der Waals surface area contributed by atoms with Gasteiger partial charge < -0.3 is 10.6 Å². The van der Waals surface area contributed by atoms with E-state index in [4.69, 9.17) is 46.4 Å². The molecule has 0 aliphatic carbocycles. The SMILES string of the molecule is CCCCCCCCCCCCCCCCCC(=O)NC(Nc1cccc(Cl)c1)C(Cl)(Cl)Cl. The molecule has 1 aromatic rings. The summed E-state index contributed by atoms with van der Waals surface area (Å²) < 4.78 is -1.69. The average molecular weight is 540 g/mol. The highest BCUT2D eigenvalue weighted by Gasteiger charge is 2.33. The molecular formula is C26H42Cl4N2O. The Labute approximate surface area is 221 Å². The van der Waals surface area contributed by atoms with Gasteiger partial charge in [-0.05, 0) is 24.6 Å². The van der Waals surface area contributed by atoms with Crippen molar-refractivity contribution in [3.05, 3.63) is 29.3 Å². The number of rotatable bonds is 19. The molecule has 2 N–H and O–H groups in total. The molecule has 190 valence electrons. The molecule has 1 unspecified atom stereocenters. The molecule has 0 spiro atoms. The summed E-state index contributed by atoms with van der Waals surface area (Å²) in [4.78, 5) is 12.3. The monoisotopic (exact) mass is 538 g/mol. The Hall–Kier alpha value is -0.350. The van der Waals surface area contributed by atoms with Crippen molar-refractivity contribution in [1.29, 1.82) is 0 Å². The number of benzene rings is 1. The third-order valence-electron chi connectivity index (χ3n) is 5.78. The molecule has 33 heavy (non-hydrogen) atoms. The Morgan fingerprint density at radius 1 is 0.818 bits per heavy atom. The molecule has 0 aromatic heterocycles. The minimum absolute atomic E-state index is 0.129. The van der Waals surface area contributed by atoms with Gasteiger partial charge in [-0.1, -0.05) is 149 Å². The standard InChI is InChI=1S/C26H42Cl4N2O/c1-2-3-4-5-6-7-8-9-10-11-12-13-14-15-16-20-24(33)32-25(26(28,29)30)31-23-19-17-18-22(27)21-23/h17-19,21,25,31H,2-16,20H2,1H3,(H,32,33). The van der Waals surface area contributed by atoms with Gasteiger partial charge in [0, 0.05) is 17.1 Å². The van der Waals surface area contributed by atoms with E-state index >= 15 is 0 Å². The fraction of sp³-hybridized carbons (Fsp3) is 0.731. The van der Waals surface area contributed by atoms with Gasteiger partial charge in [-0.2, -0.15) is 0 Å². The predicted molar refractivity (Wildman–Crippen MR) is 147 cm³/mol. The predicted octanol–water partition coefficient (Wildman–Crippen LogP) is 9.83. The molecule has 3 nitrogen and oxygen atoms in total. The molecule has 0 aliphatic heterocycles. The number of nitrogens with one attached hydrogen (secondary N) is 2. The van der Waals surface area contributed by atoms with Gasteiger partial charge in [0.15, 0.2) is 0 Å². The minimum atomic E-state index is -1.69. The van der Waals surface area contributed by atoms with E-state index in [0.29, 0.717) is 17.1 Å². The first-order chi connectivity index (χ1) is 15.8. The van der Waals surface area contributed by atoms with Gasteiger partial charge in [0.05, 0.1) is 0 Å². The van der Waals surface area contributed by atoms with E-state index in [1.54, 1.807) is 24.3 Å². The molecule has 0 bridgehead atoms. The third kappa shape index (κ3) is 16.8. The summed E-state index contributed by atoms with van der Waals surface area (Å²) in [6, 6.07) is 7.06. The largest absolute Gasteiger partial charge is 0.362 e. The van der Waals surface area contributed by atoms with Crippen molar-refractivity contribution in [1.82, 2.24) is 5.32 Å². The van der Waals surface area contributed by atoms with E-state index in [9.17, 15) is 4.79 Å². The first kappa shape index (κ1) is 30.7. The quantitative estimate of drug-likeness (QED) is 0.104. The zero-order chi connectivity index (χ0) is 24.4. The molecule has 0 radical (unpaired) electrons. The molecule has 1 aromatic carbocycles. The number of amides is 1. The zero-order valence-electron chi connectivity index (χ0n) is 20.1. The van der Waals surface area contributed by atoms with Gasteiger partial charge >= 0.3 is 0 Å². The number of hydrogen-bond acceptors (Lipinski definition) is 2. The average Bonchev–Trinajstić information content (AvgIpc) is 2.75. The van der Waals surface area contributed by atoms with Crippen LogP contribution in [0, 0.1) is 0 Å². The van der Waals surface area contributed by atoms with Crippen LogP contribution in [0.5, 0.6) is 0 Å². The molecular weight excluding hydrogens is 498 g/mol. The van der Waals surface area contributed by atoms with Crippen molar-refractivity contribution in [2.24, 2.45) is 0 Å². The van der Waals surface area contributed by atoms with E-state index in [-0.39, 0.29) is 5.91 Å². The van der Waals surface area contributed by atoms with Crippen molar-refractivity contribution in [3.8, 4) is 0 Å². The van der Waals surface area contributed by atoms with Crippen LogP contribution in [0.1, 0.15) is 110 Å². The Morgan fingerprint density at radius 2 is 1.30 bits per heavy atom. The van der Waals surface area contributed by atoms with Crippen LogP contribution >= 0.6 is 46.4 Å². The summed E-state index contributed by atoms with van der Waals surface area (Å²) in [7, 11) is 0. The fourth-order valence-electron chi connectivity index (χ4n) is 3.83. The van der Waals surface area contributed by atoms with Gasteiger partial charge in [0.25, 0.3) is 0 Å². The summed E-state index contributed by atoms with van der Waals surface area (Å²) >= 11 is 24.2. The maximum absolute atomic E-state index is 12.3. The Bertz CT molecular complexity index is 637. The maximum Gasteiger partial charge on any atom is 0.228 e. The second-order valence-electron chi connectivity index (χ2n) is 8.90. The second-order valence-corrected chi connectivity index (χ2v) is 11.7. The van der Waals surface area contributed by atoms with Gasteiger partial charge in [0.2, 0.25) is 9.70 Å². The highest BCUT2D eigenvalue weighted by atomic mass is 35.6. The topological polar surface area (TPSA) is 41.1 Å². The van der Waals surface area contributed by atoms with Gasteiger partial charge in [-0.25, -0.2) is 0 Å². The van der Waals surface area contributed by atoms with E-state index < -0.39 is 9.96 Å². The number of alkyl halides is 3. The molecule has 0 saturated carbocycles. The van der Waals surface area contributed by atoms with Crippen molar-refractivity contribution in [2.45, 2.75) is 120 Å². The fourth-order valence-corrected chi connectivity index (χ4v) is 4.35. The smallest absolute Gasteiger partial charge is 0.228 e. The van der Waals surface area contributed by atoms with Gasteiger partial charge in [0.1, 0.15) is 6.17 Å². The van der Waals surface area contributed by atoms with E-state index in [1.807, 2.05) is 0 Å². The van der Waals surface area contributed by atoms with Crippen molar-refractivity contribution >= 4 is 58.0 Å². The van der Waals surface area contributed by atoms with Crippen LogP contribution in [-0.4, -0.2) is 15.9 Å². The summed E-state index contributed by atoms with van der Waals surface area (Å²) in [6.45, 7) is 2.27. The molecule has 0 saturated heterocycles. The number of hydrogen-bond donors (Lipinski definition) is 2. The van der Waals surface area contributed by atoms with Gasteiger partial charge in [-0.3, -0.25) is 4.79 Å². The van der Waals surface area contributed by atoms with E-state index in [1.165, 1.54) is 83.5 Å². The lowest BCUT2D eigenvalue weighted by Gasteiger charge is -2.27. The number of halogens is 4. The van der Waals surface area contributed by atoms with Crippen LogP contribution < -0.4 is 10.6 Å². The molecule has 0 heterocycles. The van der Waals surface area contributed by atoms with Crippen LogP contribution in [0.15, 0.2) is 24.3 Å². The third-order valence-corrected chi connectivity index (χ3v) is 6.67. The maximum atomic E-state index is 12.3. The van der Waals surface area contributed by atoms with Crippen molar-refractivity contribution < 1.29 is 4.79 Å². The normalized spacial score (nSPS) is 12.5. The molecule has 1 rings (SSSR count). The van der Waals surface area contributed by atoms with Crippen LogP contribution in [0.3, 0.4) is 0 Å². The second kappa shape index (κ2) is 18.9. The minimum Gasteiger partial charge on any atom is -0.362 e. The molecule has 1 atom stereocenters. The number of unbranched alkanes of at least 4 members (excludes halogenated alkanes) is 14. The van der Waals surface area contributed by atoms with Gasteiger partial charge in [-0.15, -0.1) is 0 Å². The van der Waals surface area contributed by atoms with Crippen molar-refractivity contribution in [3.63, 3.8) is 0 Å². The lowest BCUT2D eigenvalue weighted by atomic mass is 10.0. The lowest BCUT2D eigenvalue weighted by Crippen LogP contribution is -2.49. The molecule has 7 heteroatoms. The summed E-state index contributed by atoms with van der Waals surface area (Å²) in [6.07, 6.45) is 19.0. The van der Waals surface area contributed by atoms with Crippen LogP contribution in [0.25, 0.3) is 0 Å². The molecule has 0 fully saturated rings. The Kier molecular flexibility index (Phi) is 17.6. The Morgan fingerprint density at radius 3 is 1.76 bits per heavy atom. The molecule has 0 aliphatic rings. The number of carbonyl (C=O) groups is 1. The highest BCUT2D eigenvalue weighted by Crippen LogP contribution is 2.31. The number of carbonyl (C=O) groups excluding carboxylic acids is 1.